The fourth-order valence-electron chi connectivity index (χ4n) is 3.01. The molecule has 0 saturated carbocycles. The summed E-state index contributed by atoms with van der Waals surface area (Å²) in [6.07, 6.45) is 4.29. The van der Waals surface area contributed by atoms with E-state index < -0.39 is 0 Å². The van der Waals surface area contributed by atoms with E-state index in [1.807, 2.05) is 11.0 Å². The van der Waals surface area contributed by atoms with Crippen LogP contribution in [0.3, 0.4) is 0 Å². The summed E-state index contributed by atoms with van der Waals surface area (Å²) >= 11 is 0. The molecule has 21 heavy (non-hydrogen) atoms. The van der Waals surface area contributed by atoms with Gasteiger partial charge in [-0.3, -0.25) is 9.59 Å². The predicted molar refractivity (Wildman–Crippen MR) is 78.6 cm³/mol. The highest BCUT2D eigenvalue weighted by Gasteiger charge is 2.27. The quantitative estimate of drug-likeness (QED) is 0.914. The van der Waals surface area contributed by atoms with Crippen molar-refractivity contribution in [3.63, 3.8) is 0 Å². The van der Waals surface area contributed by atoms with Crippen LogP contribution in [0.15, 0.2) is 23.4 Å². The van der Waals surface area contributed by atoms with Crippen molar-refractivity contribution in [2.45, 2.75) is 45.2 Å². The largest absolute Gasteiger partial charge is 0.348 e. The van der Waals surface area contributed by atoms with Gasteiger partial charge < -0.3 is 9.47 Å². The Labute approximate surface area is 123 Å². The van der Waals surface area contributed by atoms with Gasteiger partial charge in [0, 0.05) is 43.5 Å². The van der Waals surface area contributed by atoms with Crippen LogP contribution in [-0.4, -0.2) is 33.5 Å². The van der Waals surface area contributed by atoms with Crippen molar-refractivity contribution in [3.8, 4) is 0 Å². The molecule has 1 aromatic rings. The first-order chi connectivity index (χ1) is 10.1. The van der Waals surface area contributed by atoms with Crippen molar-refractivity contribution in [2.75, 3.05) is 6.54 Å². The lowest BCUT2D eigenvalue weighted by molar-refractivity contribution is -0.134. The van der Waals surface area contributed by atoms with Crippen LogP contribution in [0.4, 0.5) is 0 Å². The first kappa shape index (κ1) is 13.9. The average Bonchev–Trinajstić information content (AvgIpc) is 2.96. The molecule has 0 radical (unpaired) electrons. The van der Waals surface area contributed by atoms with E-state index in [0.29, 0.717) is 25.7 Å². The number of hydrazone groups is 1. The van der Waals surface area contributed by atoms with Crippen molar-refractivity contribution in [1.82, 2.24) is 14.9 Å². The molecule has 0 bridgehead atoms. The predicted octanol–water partition coefficient (Wildman–Crippen LogP) is 1.44. The molecule has 0 fully saturated rings. The summed E-state index contributed by atoms with van der Waals surface area (Å²) in [6.45, 7) is 3.68. The Hall–Kier alpha value is -2.11. The summed E-state index contributed by atoms with van der Waals surface area (Å²) < 4.78 is 2.20. The molecule has 3 heterocycles. The Morgan fingerprint density at radius 2 is 2.29 bits per heavy atom. The maximum absolute atomic E-state index is 12.4. The summed E-state index contributed by atoms with van der Waals surface area (Å²) in [6, 6.07) is 4.22. The topological polar surface area (TPSA) is 66.7 Å². The summed E-state index contributed by atoms with van der Waals surface area (Å²) in [5.41, 5.74) is 4.58. The van der Waals surface area contributed by atoms with Crippen molar-refractivity contribution in [3.05, 3.63) is 24.0 Å². The first-order valence-corrected chi connectivity index (χ1v) is 7.44. The SMILES string of the molecule is CC1c2cccn2CCN1C(=O)CCC1=NNC(=O)CC1. The van der Waals surface area contributed by atoms with Crippen molar-refractivity contribution >= 4 is 17.5 Å². The van der Waals surface area contributed by atoms with E-state index in [2.05, 4.69) is 34.3 Å². The lowest BCUT2D eigenvalue weighted by atomic mass is 10.1. The molecule has 0 aromatic carbocycles. The zero-order chi connectivity index (χ0) is 14.8. The number of fused-ring (bicyclic) bond motifs is 1. The van der Waals surface area contributed by atoms with Crippen molar-refractivity contribution in [1.29, 1.82) is 0 Å². The number of hydrogen-bond acceptors (Lipinski definition) is 3. The lowest BCUT2D eigenvalue weighted by Gasteiger charge is -2.35. The summed E-state index contributed by atoms with van der Waals surface area (Å²) in [7, 11) is 0. The molecule has 112 valence electrons. The first-order valence-electron chi connectivity index (χ1n) is 7.44. The molecule has 1 unspecified atom stereocenters. The third-order valence-electron chi connectivity index (χ3n) is 4.27. The van der Waals surface area contributed by atoms with Crippen LogP contribution < -0.4 is 5.43 Å². The van der Waals surface area contributed by atoms with Gasteiger partial charge in [0.1, 0.15) is 0 Å². The van der Waals surface area contributed by atoms with Crippen LogP contribution in [0.5, 0.6) is 0 Å². The van der Waals surface area contributed by atoms with E-state index in [1.165, 1.54) is 5.69 Å². The second kappa shape index (κ2) is 5.71. The fraction of sp³-hybridized carbons (Fsp3) is 0.533. The molecule has 2 amide bonds. The van der Waals surface area contributed by atoms with Crippen molar-refractivity contribution < 1.29 is 9.59 Å². The number of amides is 2. The number of aromatic nitrogens is 1. The summed E-state index contributed by atoms with van der Waals surface area (Å²) in [5, 5.41) is 4.02. The number of nitrogens with one attached hydrogen (secondary N) is 1. The lowest BCUT2D eigenvalue weighted by Crippen LogP contribution is -2.40. The maximum atomic E-state index is 12.4. The van der Waals surface area contributed by atoms with Gasteiger partial charge in [-0.05, 0) is 31.9 Å². The van der Waals surface area contributed by atoms with Gasteiger partial charge in [-0.1, -0.05) is 0 Å². The molecule has 6 nitrogen and oxygen atoms in total. The van der Waals surface area contributed by atoms with E-state index in [1.54, 1.807) is 0 Å². The number of rotatable bonds is 3. The molecule has 6 heteroatoms. The molecule has 0 aliphatic carbocycles. The minimum Gasteiger partial charge on any atom is -0.348 e. The van der Waals surface area contributed by atoms with E-state index >= 15 is 0 Å². The van der Waals surface area contributed by atoms with E-state index in [4.69, 9.17) is 0 Å². The van der Waals surface area contributed by atoms with Gasteiger partial charge in [-0.25, -0.2) is 5.43 Å². The Balaban J connectivity index is 1.58. The van der Waals surface area contributed by atoms with Gasteiger partial charge in [-0.15, -0.1) is 0 Å². The van der Waals surface area contributed by atoms with E-state index in [-0.39, 0.29) is 17.9 Å². The number of nitrogens with zero attached hydrogens (tertiary/aromatic N) is 3. The Bertz CT molecular complexity index is 590. The molecule has 1 N–H and O–H groups in total. The highest BCUT2D eigenvalue weighted by Crippen LogP contribution is 2.26. The van der Waals surface area contributed by atoms with Gasteiger partial charge in [0.25, 0.3) is 0 Å². The number of carbonyl (C=O) groups excluding carboxylic acids is 2. The summed E-state index contributed by atoms with van der Waals surface area (Å²) in [5.74, 6) is 0.116. The van der Waals surface area contributed by atoms with E-state index in [0.717, 1.165) is 18.8 Å². The molecular formula is C15H20N4O2. The minimum absolute atomic E-state index is 0.0458. The monoisotopic (exact) mass is 288 g/mol. The Kier molecular flexibility index (Phi) is 3.77. The number of carbonyl (C=O) groups is 2. The fourth-order valence-corrected chi connectivity index (χ4v) is 3.01. The molecule has 2 aliphatic heterocycles. The average molecular weight is 288 g/mol. The van der Waals surface area contributed by atoms with Gasteiger partial charge in [0.2, 0.25) is 11.8 Å². The Morgan fingerprint density at radius 3 is 3.05 bits per heavy atom. The van der Waals surface area contributed by atoms with Crippen LogP contribution >= 0.6 is 0 Å². The number of hydrogen-bond donors (Lipinski definition) is 1. The zero-order valence-corrected chi connectivity index (χ0v) is 12.2. The van der Waals surface area contributed by atoms with Crippen LogP contribution in [0.25, 0.3) is 0 Å². The molecule has 0 saturated heterocycles. The third-order valence-corrected chi connectivity index (χ3v) is 4.27. The molecule has 3 rings (SSSR count). The van der Waals surface area contributed by atoms with Crippen LogP contribution in [0.2, 0.25) is 0 Å². The van der Waals surface area contributed by atoms with E-state index in [9.17, 15) is 9.59 Å². The second-order valence-corrected chi connectivity index (χ2v) is 5.60. The molecule has 1 aromatic heterocycles. The maximum Gasteiger partial charge on any atom is 0.240 e. The molecule has 0 spiro atoms. The highest BCUT2D eigenvalue weighted by atomic mass is 16.2. The normalized spacial score (nSPS) is 21.6. The van der Waals surface area contributed by atoms with Crippen LogP contribution in [0, 0.1) is 0 Å². The summed E-state index contributed by atoms with van der Waals surface area (Å²) in [4.78, 5) is 25.4. The minimum atomic E-state index is -0.0458. The smallest absolute Gasteiger partial charge is 0.240 e. The third kappa shape index (κ3) is 2.84. The van der Waals surface area contributed by atoms with Crippen LogP contribution in [-0.2, 0) is 16.1 Å². The highest BCUT2D eigenvalue weighted by molar-refractivity contribution is 5.94. The second-order valence-electron chi connectivity index (χ2n) is 5.60. The van der Waals surface area contributed by atoms with Crippen molar-refractivity contribution in [2.24, 2.45) is 5.10 Å². The molecule has 2 aliphatic rings. The van der Waals surface area contributed by atoms with Crippen LogP contribution in [0.1, 0.15) is 44.3 Å². The van der Waals surface area contributed by atoms with Gasteiger partial charge in [-0.2, -0.15) is 5.10 Å². The standard InChI is InChI=1S/C15H20N4O2/c1-11-13-3-2-8-18(13)9-10-19(11)15(21)7-5-12-4-6-14(20)17-16-12/h2-3,8,11H,4-7,9-10H2,1H3,(H,17,20). The zero-order valence-electron chi connectivity index (χ0n) is 12.2. The Morgan fingerprint density at radius 1 is 1.43 bits per heavy atom. The van der Waals surface area contributed by atoms with Gasteiger partial charge >= 0.3 is 0 Å². The van der Waals surface area contributed by atoms with Gasteiger partial charge in [0.05, 0.1) is 6.04 Å². The molecule has 1 atom stereocenters. The van der Waals surface area contributed by atoms with Gasteiger partial charge in [0.15, 0.2) is 0 Å². The molecular weight excluding hydrogens is 268 g/mol.